The number of benzene rings is 2. The van der Waals surface area contributed by atoms with E-state index in [4.69, 9.17) is 9.15 Å². The van der Waals surface area contributed by atoms with Gasteiger partial charge in [0.05, 0.1) is 24.4 Å². The Morgan fingerprint density at radius 3 is 2.72 bits per heavy atom. The molecule has 2 atom stereocenters. The van der Waals surface area contributed by atoms with Crippen LogP contribution in [0.15, 0.2) is 70.9 Å². The SMILES string of the molecule is C[C@@H]1Cc2cc(/C(O)=C3\C(=O)C(=O)N(Cc4ccco4)[C@@H]3c3cccc(O)c3)ccc2O1. The molecule has 0 bridgehead atoms. The van der Waals surface area contributed by atoms with Crippen LogP contribution < -0.4 is 4.74 Å². The topological polar surface area (TPSA) is 100 Å². The average molecular weight is 431 g/mol. The second kappa shape index (κ2) is 7.60. The van der Waals surface area contributed by atoms with E-state index in [-0.39, 0.29) is 29.7 Å². The summed E-state index contributed by atoms with van der Waals surface area (Å²) in [6, 6.07) is 14.1. The van der Waals surface area contributed by atoms with Crippen molar-refractivity contribution < 1.29 is 29.0 Å². The maximum atomic E-state index is 13.1. The Bertz CT molecular complexity index is 1240. The fourth-order valence-electron chi connectivity index (χ4n) is 4.38. The number of likely N-dealkylation sites (tertiary alicyclic amines) is 1. The molecular formula is C25H21NO6. The first-order valence-electron chi connectivity index (χ1n) is 10.3. The second-order valence-electron chi connectivity index (χ2n) is 8.06. The molecule has 0 aliphatic carbocycles. The van der Waals surface area contributed by atoms with Gasteiger partial charge in [-0.25, -0.2) is 0 Å². The molecule has 7 nitrogen and oxygen atoms in total. The highest BCUT2D eigenvalue weighted by atomic mass is 16.5. The van der Waals surface area contributed by atoms with Gasteiger partial charge in [-0.2, -0.15) is 0 Å². The van der Waals surface area contributed by atoms with Crippen LogP contribution in [0.1, 0.15) is 35.4 Å². The van der Waals surface area contributed by atoms with Gasteiger partial charge in [-0.1, -0.05) is 12.1 Å². The van der Waals surface area contributed by atoms with Gasteiger partial charge in [-0.05, 0) is 60.5 Å². The van der Waals surface area contributed by atoms with Crippen molar-refractivity contribution in [2.24, 2.45) is 0 Å². The molecule has 0 spiro atoms. The molecule has 5 rings (SSSR count). The highest BCUT2D eigenvalue weighted by molar-refractivity contribution is 6.46. The number of carbonyl (C=O) groups excluding carboxylic acids is 2. The summed E-state index contributed by atoms with van der Waals surface area (Å²) in [6.45, 7) is 2.01. The number of Topliss-reactive ketones (excluding diaryl/α,β-unsaturated/α-hetero) is 1. The fourth-order valence-corrected chi connectivity index (χ4v) is 4.38. The molecule has 0 radical (unpaired) electrons. The number of furan rings is 1. The molecule has 32 heavy (non-hydrogen) atoms. The van der Waals surface area contributed by atoms with Crippen molar-refractivity contribution in [3.05, 3.63) is 88.9 Å². The van der Waals surface area contributed by atoms with Gasteiger partial charge in [0, 0.05) is 12.0 Å². The van der Waals surface area contributed by atoms with Crippen LogP contribution in [0, 0.1) is 0 Å². The molecule has 2 aromatic carbocycles. The van der Waals surface area contributed by atoms with Crippen LogP contribution in [0.2, 0.25) is 0 Å². The van der Waals surface area contributed by atoms with Crippen LogP contribution in [0.5, 0.6) is 11.5 Å². The molecule has 7 heteroatoms. The number of aromatic hydroxyl groups is 1. The Kier molecular flexibility index (Phi) is 4.74. The molecule has 3 heterocycles. The lowest BCUT2D eigenvalue weighted by Crippen LogP contribution is -2.29. The van der Waals surface area contributed by atoms with E-state index in [0.29, 0.717) is 23.3 Å². The molecule has 2 aliphatic rings. The first kappa shape index (κ1) is 19.9. The van der Waals surface area contributed by atoms with E-state index in [1.54, 1.807) is 42.5 Å². The quantitative estimate of drug-likeness (QED) is 0.369. The lowest BCUT2D eigenvalue weighted by molar-refractivity contribution is -0.140. The third-order valence-electron chi connectivity index (χ3n) is 5.80. The van der Waals surface area contributed by atoms with Gasteiger partial charge in [0.25, 0.3) is 11.7 Å². The van der Waals surface area contributed by atoms with Crippen molar-refractivity contribution in [2.45, 2.75) is 32.0 Å². The second-order valence-corrected chi connectivity index (χ2v) is 8.06. The first-order valence-corrected chi connectivity index (χ1v) is 10.3. The third-order valence-corrected chi connectivity index (χ3v) is 5.80. The number of hydrogen-bond donors (Lipinski definition) is 2. The Morgan fingerprint density at radius 2 is 1.97 bits per heavy atom. The molecule has 1 fully saturated rings. The number of hydrogen-bond acceptors (Lipinski definition) is 6. The maximum absolute atomic E-state index is 13.1. The Hall–Kier alpha value is -4.00. The van der Waals surface area contributed by atoms with E-state index in [1.165, 1.54) is 23.3 Å². The molecule has 1 saturated heterocycles. The average Bonchev–Trinajstić information content (AvgIpc) is 3.47. The molecule has 2 N–H and O–H groups in total. The zero-order valence-electron chi connectivity index (χ0n) is 17.3. The molecule has 3 aromatic rings. The number of ketones is 1. The van der Waals surface area contributed by atoms with Gasteiger partial charge < -0.3 is 24.3 Å². The largest absolute Gasteiger partial charge is 0.508 e. The van der Waals surface area contributed by atoms with Gasteiger partial charge in [-0.3, -0.25) is 9.59 Å². The Labute approximate surface area is 184 Å². The number of nitrogens with zero attached hydrogens (tertiary/aromatic N) is 1. The van der Waals surface area contributed by atoms with E-state index < -0.39 is 17.7 Å². The lowest BCUT2D eigenvalue weighted by atomic mass is 9.94. The maximum Gasteiger partial charge on any atom is 0.296 e. The van der Waals surface area contributed by atoms with E-state index in [9.17, 15) is 19.8 Å². The molecule has 1 amide bonds. The zero-order chi connectivity index (χ0) is 22.4. The summed E-state index contributed by atoms with van der Waals surface area (Å²) in [4.78, 5) is 27.4. The lowest BCUT2D eigenvalue weighted by Gasteiger charge is -2.24. The van der Waals surface area contributed by atoms with Gasteiger partial charge in [-0.15, -0.1) is 0 Å². The summed E-state index contributed by atoms with van der Waals surface area (Å²) >= 11 is 0. The van der Waals surface area contributed by atoms with Crippen LogP contribution in [-0.4, -0.2) is 32.9 Å². The van der Waals surface area contributed by atoms with E-state index >= 15 is 0 Å². The first-order chi connectivity index (χ1) is 15.4. The Balaban J connectivity index is 1.64. The summed E-state index contributed by atoms with van der Waals surface area (Å²) in [7, 11) is 0. The summed E-state index contributed by atoms with van der Waals surface area (Å²) in [5.74, 6) is -0.546. The highest BCUT2D eigenvalue weighted by Crippen LogP contribution is 2.42. The number of aliphatic hydroxyl groups is 1. The predicted molar refractivity (Wildman–Crippen MR) is 115 cm³/mol. The van der Waals surface area contributed by atoms with E-state index in [1.807, 2.05) is 6.92 Å². The van der Waals surface area contributed by atoms with Crippen LogP contribution in [0.4, 0.5) is 0 Å². The number of fused-ring (bicyclic) bond motifs is 1. The molecule has 162 valence electrons. The van der Waals surface area contributed by atoms with E-state index in [2.05, 4.69) is 0 Å². The Morgan fingerprint density at radius 1 is 1.12 bits per heavy atom. The van der Waals surface area contributed by atoms with Crippen LogP contribution >= 0.6 is 0 Å². The third kappa shape index (κ3) is 3.32. The standard InChI is InChI=1S/C25H21NO6/c1-14-10-17-11-16(7-8-20(17)32-14)23(28)21-22(15-4-2-5-18(27)12-15)26(25(30)24(21)29)13-19-6-3-9-31-19/h2-9,11-12,14,22,27-28H,10,13H2,1H3/b23-21+/t14-,22-/m1/s1. The summed E-state index contributed by atoms with van der Waals surface area (Å²) in [5, 5.41) is 21.2. The zero-order valence-corrected chi connectivity index (χ0v) is 17.3. The smallest absolute Gasteiger partial charge is 0.296 e. The molecular weight excluding hydrogens is 410 g/mol. The molecule has 2 aliphatic heterocycles. The number of phenolic OH excluding ortho intramolecular Hbond substituents is 1. The summed E-state index contributed by atoms with van der Waals surface area (Å²) in [6.07, 6.45) is 2.22. The van der Waals surface area contributed by atoms with Gasteiger partial charge in [0.15, 0.2) is 0 Å². The minimum Gasteiger partial charge on any atom is -0.508 e. The van der Waals surface area contributed by atoms with Crippen LogP contribution in [0.25, 0.3) is 5.76 Å². The van der Waals surface area contributed by atoms with Crippen LogP contribution in [-0.2, 0) is 22.6 Å². The number of aliphatic hydroxyl groups excluding tert-OH is 1. The van der Waals surface area contributed by atoms with Crippen LogP contribution in [0.3, 0.4) is 0 Å². The van der Waals surface area contributed by atoms with Gasteiger partial charge >= 0.3 is 0 Å². The normalized spacial score (nSPS) is 21.6. The van der Waals surface area contributed by atoms with Crippen molar-refractivity contribution in [3.8, 4) is 11.5 Å². The highest BCUT2D eigenvalue weighted by Gasteiger charge is 2.46. The number of phenols is 1. The molecule has 1 aromatic heterocycles. The summed E-state index contributed by atoms with van der Waals surface area (Å²) in [5.41, 5.74) is 1.84. The van der Waals surface area contributed by atoms with Crippen molar-refractivity contribution in [1.82, 2.24) is 4.90 Å². The fraction of sp³-hybridized carbons (Fsp3) is 0.200. The number of carbonyl (C=O) groups is 2. The van der Waals surface area contributed by atoms with Gasteiger partial charge in [0.1, 0.15) is 29.1 Å². The summed E-state index contributed by atoms with van der Waals surface area (Å²) < 4.78 is 11.1. The minimum atomic E-state index is -0.879. The molecule has 0 unspecified atom stereocenters. The number of rotatable bonds is 4. The van der Waals surface area contributed by atoms with Crippen molar-refractivity contribution in [1.29, 1.82) is 0 Å². The van der Waals surface area contributed by atoms with Gasteiger partial charge in [0.2, 0.25) is 0 Å². The number of amides is 1. The van der Waals surface area contributed by atoms with Crippen molar-refractivity contribution >= 4 is 17.4 Å². The van der Waals surface area contributed by atoms with Crippen molar-refractivity contribution in [2.75, 3.05) is 0 Å². The monoisotopic (exact) mass is 431 g/mol. The minimum absolute atomic E-state index is 0.00486. The predicted octanol–water partition coefficient (Wildman–Crippen LogP) is 3.93. The van der Waals surface area contributed by atoms with E-state index in [0.717, 1.165) is 11.3 Å². The molecule has 0 saturated carbocycles. The van der Waals surface area contributed by atoms with Crippen molar-refractivity contribution in [3.63, 3.8) is 0 Å². The number of ether oxygens (including phenoxy) is 1.